The Morgan fingerprint density at radius 1 is 1.04 bits per heavy atom. The largest absolute Gasteiger partial charge is 0.493 e. The van der Waals surface area contributed by atoms with Gasteiger partial charge >= 0.3 is 0 Å². The molecule has 2 rings (SSSR count). The zero-order valence-electron chi connectivity index (χ0n) is 15.2. The van der Waals surface area contributed by atoms with Crippen LogP contribution in [0.3, 0.4) is 0 Å². The number of halogens is 1. The highest BCUT2D eigenvalue weighted by molar-refractivity contribution is 14.1. The Balaban J connectivity index is 1.93. The maximum Gasteiger partial charge on any atom is 0.271 e. The van der Waals surface area contributed by atoms with Crippen LogP contribution in [0.5, 0.6) is 11.5 Å². The van der Waals surface area contributed by atoms with Crippen molar-refractivity contribution < 1.29 is 19.1 Å². The van der Waals surface area contributed by atoms with Gasteiger partial charge in [-0.3, -0.25) is 9.59 Å². The van der Waals surface area contributed by atoms with Crippen molar-refractivity contribution in [3.63, 3.8) is 0 Å². The first-order valence-electron chi connectivity index (χ1n) is 8.04. The van der Waals surface area contributed by atoms with E-state index in [4.69, 9.17) is 9.47 Å². The van der Waals surface area contributed by atoms with Crippen molar-refractivity contribution in [1.82, 2.24) is 5.43 Å². The molecule has 0 saturated carbocycles. The number of carbonyl (C=O) groups excluding carboxylic acids is 2. The minimum Gasteiger partial charge on any atom is -0.493 e. The summed E-state index contributed by atoms with van der Waals surface area (Å²) in [5.41, 5.74) is 3.99. The summed E-state index contributed by atoms with van der Waals surface area (Å²) in [4.78, 5) is 24.2. The zero-order chi connectivity index (χ0) is 19.8. The van der Waals surface area contributed by atoms with Crippen LogP contribution >= 0.6 is 22.6 Å². The minimum atomic E-state index is -0.409. The van der Waals surface area contributed by atoms with E-state index in [0.717, 1.165) is 3.57 Å². The van der Waals surface area contributed by atoms with Crippen LogP contribution in [0.1, 0.15) is 23.7 Å². The smallest absolute Gasteiger partial charge is 0.271 e. The maximum atomic E-state index is 12.2. The summed E-state index contributed by atoms with van der Waals surface area (Å²) in [6.07, 6.45) is 0.0677. The van der Waals surface area contributed by atoms with Crippen LogP contribution in [0.15, 0.2) is 47.6 Å². The second kappa shape index (κ2) is 9.91. The normalized spacial score (nSPS) is 10.9. The molecule has 0 bridgehead atoms. The average molecular weight is 481 g/mol. The van der Waals surface area contributed by atoms with Gasteiger partial charge in [-0.25, -0.2) is 5.43 Å². The van der Waals surface area contributed by atoms with Crippen LogP contribution in [0, 0.1) is 3.57 Å². The molecule has 27 heavy (non-hydrogen) atoms. The molecule has 8 heteroatoms. The number of anilines is 1. The van der Waals surface area contributed by atoms with Crippen molar-refractivity contribution in [1.29, 1.82) is 0 Å². The highest BCUT2D eigenvalue weighted by Crippen LogP contribution is 2.27. The maximum absolute atomic E-state index is 12.2. The quantitative estimate of drug-likeness (QED) is 0.360. The molecule has 0 spiro atoms. The van der Waals surface area contributed by atoms with E-state index in [0.29, 0.717) is 28.5 Å². The molecule has 0 aliphatic heterocycles. The van der Waals surface area contributed by atoms with Gasteiger partial charge in [0.25, 0.3) is 5.91 Å². The van der Waals surface area contributed by atoms with Gasteiger partial charge in [-0.05, 0) is 72.0 Å². The van der Waals surface area contributed by atoms with E-state index in [-0.39, 0.29) is 12.3 Å². The van der Waals surface area contributed by atoms with Crippen LogP contribution in [0.4, 0.5) is 5.69 Å². The number of rotatable bonds is 7. The molecule has 2 amide bonds. The molecular weight excluding hydrogens is 461 g/mol. The van der Waals surface area contributed by atoms with Crippen molar-refractivity contribution in [3.05, 3.63) is 51.6 Å². The second-order valence-corrected chi connectivity index (χ2v) is 6.84. The van der Waals surface area contributed by atoms with Crippen LogP contribution in [-0.4, -0.2) is 31.7 Å². The van der Waals surface area contributed by atoms with Gasteiger partial charge in [0.1, 0.15) is 0 Å². The molecule has 0 aromatic heterocycles. The zero-order valence-corrected chi connectivity index (χ0v) is 17.4. The third kappa shape index (κ3) is 6.24. The highest BCUT2D eigenvalue weighted by Gasteiger charge is 2.11. The van der Waals surface area contributed by atoms with Gasteiger partial charge < -0.3 is 14.8 Å². The number of hydrazone groups is 1. The Kier molecular flexibility index (Phi) is 7.59. The third-order valence-corrected chi connectivity index (χ3v) is 4.26. The van der Waals surface area contributed by atoms with E-state index in [1.54, 1.807) is 25.1 Å². The van der Waals surface area contributed by atoms with Gasteiger partial charge in [0.15, 0.2) is 11.5 Å². The van der Waals surface area contributed by atoms with Crippen LogP contribution in [0.2, 0.25) is 0 Å². The second-order valence-electron chi connectivity index (χ2n) is 5.59. The lowest BCUT2D eigenvalue weighted by Gasteiger charge is -2.09. The Labute approximate surface area is 171 Å². The number of hydrogen-bond acceptors (Lipinski definition) is 5. The minimum absolute atomic E-state index is 0.0677. The number of ether oxygens (including phenoxy) is 2. The SMILES string of the molecule is COc1ccc(C(=O)N/N=C(/C)CC(=O)Nc2ccc(I)cc2)cc1OC. The molecule has 7 nitrogen and oxygen atoms in total. The van der Waals surface area contributed by atoms with Crippen molar-refractivity contribution in [2.75, 3.05) is 19.5 Å². The van der Waals surface area contributed by atoms with Crippen molar-refractivity contribution in [3.8, 4) is 11.5 Å². The van der Waals surface area contributed by atoms with Gasteiger partial charge in [0.05, 0.1) is 20.6 Å². The van der Waals surface area contributed by atoms with Crippen molar-refractivity contribution in [2.24, 2.45) is 5.10 Å². The first kappa shape index (κ1) is 20.7. The Hall–Kier alpha value is -2.62. The Morgan fingerprint density at radius 3 is 2.33 bits per heavy atom. The summed E-state index contributed by atoms with van der Waals surface area (Å²) in [7, 11) is 3.01. The summed E-state index contributed by atoms with van der Waals surface area (Å²) in [5.74, 6) is 0.356. The summed E-state index contributed by atoms with van der Waals surface area (Å²) < 4.78 is 11.4. The summed E-state index contributed by atoms with van der Waals surface area (Å²) >= 11 is 2.19. The predicted octanol–water partition coefficient (Wildman–Crippen LogP) is 3.44. The lowest BCUT2D eigenvalue weighted by Crippen LogP contribution is -2.21. The van der Waals surface area contributed by atoms with Gasteiger partial charge in [-0.2, -0.15) is 5.10 Å². The summed E-state index contributed by atoms with van der Waals surface area (Å²) in [5, 5.41) is 6.76. The van der Waals surface area contributed by atoms with Crippen molar-refractivity contribution >= 4 is 45.8 Å². The Bertz CT molecular complexity index is 851. The summed E-state index contributed by atoms with van der Waals surface area (Å²) in [6, 6.07) is 12.3. The van der Waals surface area contributed by atoms with Crippen LogP contribution < -0.4 is 20.2 Å². The number of nitrogens with one attached hydrogen (secondary N) is 2. The first-order valence-corrected chi connectivity index (χ1v) is 9.11. The van der Waals surface area contributed by atoms with E-state index in [2.05, 4.69) is 38.4 Å². The molecule has 0 radical (unpaired) electrons. The standard InChI is InChI=1S/C19H20IN3O4/c1-12(10-18(24)21-15-7-5-14(20)6-8-15)22-23-19(25)13-4-9-16(26-2)17(11-13)27-3/h4-9,11H,10H2,1-3H3,(H,21,24)(H,23,25)/b22-12-. The highest BCUT2D eigenvalue weighted by atomic mass is 127. The predicted molar refractivity (Wildman–Crippen MR) is 113 cm³/mol. The van der Waals surface area contributed by atoms with Gasteiger partial charge in [-0.1, -0.05) is 0 Å². The lowest BCUT2D eigenvalue weighted by atomic mass is 10.2. The summed E-state index contributed by atoms with van der Waals surface area (Å²) in [6.45, 7) is 1.67. The molecular formula is C19H20IN3O4. The molecule has 2 N–H and O–H groups in total. The fourth-order valence-electron chi connectivity index (χ4n) is 2.20. The monoisotopic (exact) mass is 481 g/mol. The molecule has 0 saturated heterocycles. The van der Waals surface area contributed by atoms with Crippen molar-refractivity contribution in [2.45, 2.75) is 13.3 Å². The van der Waals surface area contributed by atoms with E-state index in [1.165, 1.54) is 14.2 Å². The third-order valence-electron chi connectivity index (χ3n) is 3.54. The van der Waals surface area contributed by atoms with E-state index in [9.17, 15) is 9.59 Å². The molecule has 0 atom stereocenters. The number of methoxy groups -OCH3 is 2. The average Bonchev–Trinajstić information content (AvgIpc) is 2.67. The van der Waals surface area contributed by atoms with Gasteiger partial charge in [0.2, 0.25) is 5.91 Å². The van der Waals surface area contributed by atoms with Gasteiger partial charge in [-0.15, -0.1) is 0 Å². The number of amides is 2. The topological polar surface area (TPSA) is 89.0 Å². The Morgan fingerprint density at radius 2 is 1.70 bits per heavy atom. The lowest BCUT2D eigenvalue weighted by molar-refractivity contribution is -0.115. The van der Waals surface area contributed by atoms with E-state index in [1.807, 2.05) is 24.3 Å². The van der Waals surface area contributed by atoms with E-state index < -0.39 is 5.91 Å². The molecule has 0 aliphatic carbocycles. The first-order chi connectivity index (χ1) is 12.9. The molecule has 0 unspecified atom stereocenters. The molecule has 2 aromatic rings. The number of nitrogens with zero attached hydrogens (tertiary/aromatic N) is 1. The molecule has 0 heterocycles. The number of carbonyl (C=O) groups is 2. The molecule has 2 aromatic carbocycles. The number of hydrogen-bond donors (Lipinski definition) is 2. The van der Waals surface area contributed by atoms with Gasteiger partial charge in [0, 0.05) is 20.5 Å². The van der Waals surface area contributed by atoms with Crippen LogP contribution in [-0.2, 0) is 4.79 Å². The van der Waals surface area contributed by atoms with E-state index >= 15 is 0 Å². The molecule has 0 fully saturated rings. The molecule has 142 valence electrons. The molecule has 0 aliphatic rings. The number of benzene rings is 2. The van der Waals surface area contributed by atoms with Crippen LogP contribution in [0.25, 0.3) is 0 Å². The fraction of sp³-hybridized carbons (Fsp3) is 0.211. The fourth-order valence-corrected chi connectivity index (χ4v) is 2.56.